The van der Waals surface area contributed by atoms with Crippen molar-refractivity contribution < 1.29 is 9.26 Å². The van der Waals surface area contributed by atoms with Gasteiger partial charge in [-0.2, -0.15) is 4.98 Å². The molecule has 3 heterocycles. The third-order valence-corrected chi connectivity index (χ3v) is 3.84. The SMILES string of the molecule is C1CCCN(Cc2nc([C@@H]3CCOC3)no2)CC1. The molecule has 2 aliphatic rings. The minimum atomic E-state index is 0.339. The van der Waals surface area contributed by atoms with E-state index in [1.807, 2.05) is 0 Å². The van der Waals surface area contributed by atoms with Gasteiger partial charge in [0.1, 0.15) is 0 Å². The van der Waals surface area contributed by atoms with Crippen LogP contribution in [0.4, 0.5) is 0 Å². The van der Waals surface area contributed by atoms with Crippen molar-refractivity contribution >= 4 is 0 Å². The molecule has 100 valence electrons. The molecule has 1 atom stereocenters. The summed E-state index contributed by atoms with van der Waals surface area (Å²) >= 11 is 0. The Morgan fingerprint density at radius 1 is 1.17 bits per heavy atom. The van der Waals surface area contributed by atoms with Gasteiger partial charge in [-0.3, -0.25) is 4.90 Å². The highest BCUT2D eigenvalue weighted by Crippen LogP contribution is 2.22. The molecule has 2 aliphatic heterocycles. The first kappa shape index (κ1) is 12.1. The molecule has 1 aromatic rings. The van der Waals surface area contributed by atoms with Crippen LogP contribution < -0.4 is 0 Å². The highest BCUT2D eigenvalue weighted by Gasteiger charge is 2.23. The van der Waals surface area contributed by atoms with Crippen molar-refractivity contribution in [2.45, 2.75) is 44.6 Å². The molecule has 1 aromatic heterocycles. The van der Waals surface area contributed by atoms with Crippen LogP contribution >= 0.6 is 0 Å². The molecule has 5 nitrogen and oxygen atoms in total. The van der Waals surface area contributed by atoms with E-state index in [9.17, 15) is 0 Å². The lowest BCUT2D eigenvalue weighted by Crippen LogP contribution is -2.24. The van der Waals surface area contributed by atoms with Crippen LogP contribution in [0.25, 0.3) is 0 Å². The van der Waals surface area contributed by atoms with Crippen molar-refractivity contribution in [2.75, 3.05) is 26.3 Å². The van der Waals surface area contributed by atoms with Gasteiger partial charge in [0.2, 0.25) is 5.89 Å². The largest absolute Gasteiger partial charge is 0.381 e. The zero-order chi connectivity index (χ0) is 12.2. The molecular formula is C13H21N3O2. The van der Waals surface area contributed by atoms with Gasteiger partial charge in [-0.15, -0.1) is 0 Å². The van der Waals surface area contributed by atoms with Gasteiger partial charge >= 0.3 is 0 Å². The summed E-state index contributed by atoms with van der Waals surface area (Å²) in [5.74, 6) is 1.93. The number of aromatic nitrogens is 2. The van der Waals surface area contributed by atoms with E-state index in [2.05, 4.69) is 15.0 Å². The lowest BCUT2D eigenvalue weighted by atomic mass is 10.1. The van der Waals surface area contributed by atoms with Crippen molar-refractivity contribution in [1.29, 1.82) is 0 Å². The maximum absolute atomic E-state index is 5.36. The van der Waals surface area contributed by atoms with Crippen LogP contribution in [-0.4, -0.2) is 41.3 Å². The standard InChI is InChI=1S/C13H21N3O2/c1-2-4-7-16(6-3-1)9-12-14-13(15-18-12)11-5-8-17-10-11/h11H,1-10H2/t11-/m1/s1. The fraction of sp³-hybridized carbons (Fsp3) is 0.846. The van der Waals surface area contributed by atoms with Crippen molar-refractivity contribution in [3.8, 4) is 0 Å². The summed E-state index contributed by atoms with van der Waals surface area (Å²) < 4.78 is 10.7. The van der Waals surface area contributed by atoms with E-state index in [4.69, 9.17) is 9.26 Å². The van der Waals surface area contributed by atoms with Gasteiger partial charge in [-0.05, 0) is 32.4 Å². The van der Waals surface area contributed by atoms with Gasteiger partial charge in [0.15, 0.2) is 5.82 Å². The highest BCUT2D eigenvalue weighted by molar-refractivity contribution is 4.97. The number of hydrogen-bond acceptors (Lipinski definition) is 5. The van der Waals surface area contributed by atoms with Crippen LogP contribution in [0.15, 0.2) is 4.52 Å². The van der Waals surface area contributed by atoms with Crippen molar-refractivity contribution in [3.05, 3.63) is 11.7 Å². The first-order chi connectivity index (χ1) is 8.92. The van der Waals surface area contributed by atoms with Crippen LogP contribution in [0.3, 0.4) is 0 Å². The molecule has 0 aromatic carbocycles. The Balaban J connectivity index is 1.58. The van der Waals surface area contributed by atoms with Crippen LogP contribution in [0.2, 0.25) is 0 Å². The summed E-state index contributed by atoms with van der Waals surface area (Å²) in [6, 6.07) is 0. The molecule has 0 unspecified atom stereocenters. The number of ether oxygens (including phenoxy) is 1. The van der Waals surface area contributed by atoms with E-state index in [-0.39, 0.29) is 0 Å². The fourth-order valence-corrected chi connectivity index (χ4v) is 2.72. The first-order valence-corrected chi connectivity index (χ1v) is 7.04. The molecular weight excluding hydrogens is 230 g/mol. The van der Waals surface area contributed by atoms with Gasteiger partial charge < -0.3 is 9.26 Å². The number of hydrogen-bond donors (Lipinski definition) is 0. The zero-order valence-electron chi connectivity index (χ0n) is 10.8. The molecule has 0 spiro atoms. The number of likely N-dealkylation sites (tertiary alicyclic amines) is 1. The third-order valence-electron chi connectivity index (χ3n) is 3.84. The van der Waals surface area contributed by atoms with E-state index < -0.39 is 0 Å². The molecule has 0 radical (unpaired) electrons. The molecule has 0 aliphatic carbocycles. The molecule has 2 fully saturated rings. The molecule has 0 N–H and O–H groups in total. The predicted molar refractivity (Wildman–Crippen MR) is 66.2 cm³/mol. The summed E-state index contributed by atoms with van der Waals surface area (Å²) in [5, 5.41) is 4.09. The summed E-state index contributed by atoms with van der Waals surface area (Å²) in [6.45, 7) is 4.68. The third kappa shape index (κ3) is 2.90. The van der Waals surface area contributed by atoms with Crippen LogP contribution in [-0.2, 0) is 11.3 Å². The normalized spacial score (nSPS) is 26.3. The van der Waals surface area contributed by atoms with Gasteiger partial charge in [0.05, 0.1) is 13.2 Å². The Hall–Kier alpha value is -0.940. The second-order valence-electron chi connectivity index (χ2n) is 5.30. The average Bonchev–Trinajstić information content (AvgIpc) is 2.98. The van der Waals surface area contributed by atoms with E-state index in [1.54, 1.807) is 0 Å². The Bertz CT molecular complexity index is 366. The van der Waals surface area contributed by atoms with Gasteiger partial charge in [-0.1, -0.05) is 18.0 Å². The molecule has 18 heavy (non-hydrogen) atoms. The second kappa shape index (κ2) is 5.80. The van der Waals surface area contributed by atoms with E-state index in [0.717, 1.165) is 51.0 Å². The number of rotatable bonds is 3. The van der Waals surface area contributed by atoms with E-state index in [1.165, 1.54) is 25.7 Å². The highest BCUT2D eigenvalue weighted by atomic mass is 16.5. The quantitative estimate of drug-likeness (QED) is 0.822. The molecule has 5 heteroatoms. The predicted octanol–water partition coefficient (Wildman–Crippen LogP) is 1.95. The lowest BCUT2D eigenvalue weighted by molar-refractivity contribution is 0.192. The van der Waals surface area contributed by atoms with Crippen LogP contribution in [0.1, 0.15) is 49.7 Å². The first-order valence-electron chi connectivity index (χ1n) is 7.04. The fourth-order valence-electron chi connectivity index (χ4n) is 2.72. The smallest absolute Gasteiger partial charge is 0.240 e. The summed E-state index contributed by atoms with van der Waals surface area (Å²) in [6.07, 6.45) is 6.30. The molecule has 2 saturated heterocycles. The van der Waals surface area contributed by atoms with Crippen LogP contribution in [0.5, 0.6) is 0 Å². The Kier molecular flexibility index (Phi) is 3.90. The van der Waals surface area contributed by atoms with Crippen molar-refractivity contribution in [1.82, 2.24) is 15.0 Å². The topological polar surface area (TPSA) is 51.4 Å². The summed E-state index contributed by atoms with van der Waals surface area (Å²) in [5.41, 5.74) is 0. The zero-order valence-corrected chi connectivity index (χ0v) is 10.8. The van der Waals surface area contributed by atoms with Gasteiger partial charge in [0.25, 0.3) is 0 Å². The minimum absolute atomic E-state index is 0.339. The maximum Gasteiger partial charge on any atom is 0.240 e. The summed E-state index contributed by atoms with van der Waals surface area (Å²) in [7, 11) is 0. The van der Waals surface area contributed by atoms with Gasteiger partial charge in [0, 0.05) is 12.5 Å². The van der Waals surface area contributed by atoms with Crippen LogP contribution in [0, 0.1) is 0 Å². The number of nitrogens with zero attached hydrogens (tertiary/aromatic N) is 3. The van der Waals surface area contributed by atoms with E-state index in [0.29, 0.717) is 5.92 Å². The molecule has 3 rings (SSSR count). The second-order valence-corrected chi connectivity index (χ2v) is 5.30. The monoisotopic (exact) mass is 251 g/mol. The summed E-state index contributed by atoms with van der Waals surface area (Å²) in [4.78, 5) is 6.94. The van der Waals surface area contributed by atoms with Gasteiger partial charge in [-0.25, -0.2) is 0 Å². The van der Waals surface area contributed by atoms with E-state index >= 15 is 0 Å². The molecule has 0 amide bonds. The Morgan fingerprint density at radius 2 is 2.00 bits per heavy atom. The lowest BCUT2D eigenvalue weighted by Gasteiger charge is -2.16. The minimum Gasteiger partial charge on any atom is -0.381 e. The Labute approximate surface area is 107 Å². The average molecular weight is 251 g/mol. The maximum atomic E-state index is 5.36. The Morgan fingerprint density at radius 3 is 2.72 bits per heavy atom. The van der Waals surface area contributed by atoms with Crippen molar-refractivity contribution in [3.63, 3.8) is 0 Å². The molecule has 0 saturated carbocycles. The van der Waals surface area contributed by atoms with Crippen molar-refractivity contribution in [2.24, 2.45) is 0 Å². The molecule has 0 bridgehead atoms.